The first-order chi connectivity index (χ1) is 14.3. The van der Waals surface area contributed by atoms with E-state index in [0.29, 0.717) is 5.96 Å². The number of nitrogens with one attached hydrogen (secondary N) is 3. The van der Waals surface area contributed by atoms with Gasteiger partial charge < -0.3 is 25.6 Å². The number of carbonyl (C=O) groups excluding carboxylic acids is 1. The number of rotatable bonds is 8. The van der Waals surface area contributed by atoms with E-state index in [9.17, 15) is 4.79 Å². The number of methoxy groups -OCH3 is 1. The monoisotopic (exact) mass is 546 g/mol. The van der Waals surface area contributed by atoms with Crippen LogP contribution in [0.15, 0.2) is 29.3 Å². The maximum absolute atomic E-state index is 11.9. The number of amides is 1. The molecule has 0 unspecified atom stereocenters. The molecule has 1 fully saturated rings. The number of anilines is 1. The van der Waals surface area contributed by atoms with Crippen LogP contribution in [0.2, 0.25) is 0 Å². The molecule has 9 heteroatoms. The Morgan fingerprint density at radius 3 is 2.29 bits per heavy atom. The van der Waals surface area contributed by atoms with Gasteiger partial charge in [0.2, 0.25) is 5.91 Å². The molecule has 1 aliphatic heterocycles. The molecule has 31 heavy (non-hydrogen) atoms. The summed E-state index contributed by atoms with van der Waals surface area (Å²) < 4.78 is 5.23. The van der Waals surface area contributed by atoms with Gasteiger partial charge in [0.25, 0.3) is 0 Å². The average molecular weight is 546 g/mol. The van der Waals surface area contributed by atoms with Crippen molar-refractivity contribution in [2.45, 2.75) is 32.7 Å². The molecule has 1 aliphatic rings. The summed E-state index contributed by atoms with van der Waals surface area (Å²) in [6.07, 6.45) is 1.03. The van der Waals surface area contributed by atoms with Crippen molar-refractivity contribution in [1.29, 1.82) is 0 Å². The van der Waals surface area contributed by atoms with Crippen LogP contribution >= 0.6 is 24.0 Å². The quantitative estimate of drug-likeness (QED) is 0.200. The zero-order valence-corrected chi connectivity index (χ0v) is 21.9. The fraction of sp³-hybridized carbons (Fsp3) is 0.636. The maximum Gasteiger partial charge on any atom is 0.239 e. The standard InChI is InChI=1S/C22H38N6O2.HI/c1-22(2,3)26-20(29)17-25-21(23-4)24-11-6-12-27-13-15-28(16-14-27)18-7-9-19(30-5)10-8-18;/h7-10H,6,11-17H2,1-5H3,(H,26,29)(H2,23,24,25);1H. The van der Waals surface area contributed by atoms with E-state index in [2.05, 4.69) is 42.9 Å². The first-order valence-corrected chi connectivity index (χ1v) is 10.7. The molecule has 1 saturated heterocycles. The SMILES string of the molecule is CN=C(NCCCN1CCN(c2ccc(OC)cc2)CC1)NCC(=O)NC(C)(C)C.I. The minimum Gasteiger partial charge on any atom is -0.497 e. The Morgan fingerprint density at radius 2 is 1.74 bits per heavy atom. The smallest absolute Gasteiger partial charge is 0.239 e. The van der Waals surface area contributed by atoms with Crippen LogP contribution in [0.1, 0.15) is 27.2 Å². The number of benzene rings is 1. The lowest BCUT2D eigenvalue weighted by Crippen LogP contribution is -2.49. The Morgan fingerprint density at radius 1 is 1.10 bits per heavy atom. The van der Waals surface area contributed by atoms with Crippen LogP contribution in [-0.4, -0.2) is 82.3 Å². The highest BCUT2D eigenvalue weighted by Gasteiger charge is 2.17. The molecule has 1 aromatic rings. The van der Waals surface area contributed by atoms with Crippen molar-refractivity contribution in [3.63, 3.8) is 0 Å². The third-order valence-corrected chi connectivity index (χ3v) is 4.91. The second kappa shape index (κ2) is 13.6. The first-order valence-electron chi connectivity index (χ1n) is 10.7. The lowest BCUT2D eigenvalue weighted by molar-refractivity contribution is -0.121. The van der Waals surface area contributed by atoms with Crippen molar-refractivity contribution < 1.29 is 9.53 Å². The Bertz CT molecular complexity index is 682. The number of hydrogen-bond acceptors (Lipinski definition) is 5. The number of carbonyl (C=O) groups is 1. The van der Waals surface area contributed by atoms with Gasteiger partial charge in [-0.3, -0.25) is 14.7 Å². The molecule has 2 rings (SSSR count). The predicted molar refractivity (Wildman–Crippen MR) is 139 cm³/mol. The van der Waals surface area contributed by atoms with E-state index in [1.807, 2.05) is 32.9 Å². The number of nitrogens with zero attached hydrogens (tertiary/aromatic N) is 3. The van der Waals surface area contributed by atoms with E-state index in [-0.39, 0.29) is 42.0 Å². The van der Waals surface area contributed by atoms with Gasteiger partial charge in [-0.05, 0) is 58.0 Å². The van der Waals surface area contributed by atoms with Gasteiger partial charge in [-0.2, -0.15) is 0 Å². The maximum atomic E-state index is 11.9. The van der Waals surface area contributed by atoms with Crippen molar-refractivity contribution in [2.75, 3.05) is 64.9 Å². The minimum atomic E-state index is -0.229. The Balaban J connectivity index is 0.00000480. The van der Waals surface area contributed by atoms with Crippen molar-refractivity contribution in [3.05, 3.63) is 24.3 Å². The molecule has 0 bridgehead atoms. The average Bonchev–Trinajstić information content (AvgIpc) is 2.72. The molecule has 8 nitrogen and oxygen atoms in total. The molecule has 1 heterocycles. The van der Waals surface area contributed by atoms with E-state index in [0.717, 1.165) is 51.4 Å². The highest BCUT2D eigenvalue weighted by molar-refractivity contribution is 14.0. The van der Waals surface area contributed by atoms with Crippen molar-refractivity contribution in [3.8, 4) is 5.75 Å². The van der Waals surface area contributed by atoms with Gasteiger partial charge in [0, 0.05) is 51.0 Å². The number of guanidine groups is 1. The van der Waals surface area contributed by atoms with Crippen LogP contribution in [0.3, 0.4) is 0 Å². The zero-order chi connectivity index (χ0) is 22.0. The topological polar surface area (TPSA) is 81.2 Å². The number of ether oxygens (including phenoxy) is 1. The summed E-state index contributed by atoms with van der Waals surface area (Å²) in [5, 5.41) is 9.27. The van der Waals surface area contributed by atoms with Gasteiger partial charge in [-0.15, -0.1) is 24.0 Å². The normalized spacial score (nSPS) is 15.1. The van der Waals surface area contributed by atoms with Gasteiger partial charge in [0.05, 0.1) is 13.7 Å². The highest BCUT2D eigenvalue weighted by atomic mass is 127. The van der Waals surface area contributed by atoms with E-state index in [1.54, 1.807) is 14.2 Å². The lowest BCUT2D eigenvalue weighted by Gasteiger charge is -2.36. The third kappa shape index (κ3) is 10.4. The molecule has 0 atom stereocenters. The molecular formula is C22H39IN6O2. The van der Waals surface area contributed by atoms with E-state index >= 15 is 0 Å². The summed E-state index contributed by atoms with van der Waals surface area (Å²) >= 11 is 0. The molecular weight excluding hydrogens is 507 g/mol. The van der Waals surface area contributed by atoms with Crippen LogP contribution in [0.4, 0.5) is 5.69 Å². The van der Waals surface area contributed by atoms with Crippen LogP contribution < -0.4 is 25.6 Å². The summed E-state index contributed by atoms with van der Waals surface area (Å²) in [4.78, 5) is 21.0. The van der Waals surface area contributed by atoms with Gasteiger partial charge >= 0.3 is 0 Å². The highest BCUT2D eigenvalue weighted by Crippen LogP contribution is 2.20. The van der Waals surface area contributed by atoms with Gasteiger partial charge in [0.1, 0.15) is 5.75 Å². The Labute approximate surface area is 204 Å². The van der Waals surface area contributed by atoms with E-state index in [4.69, 9.17) is 4.74 Å². The summed E-state index contributed by atoms with van der Waals surface area (Å²) in [6.45, 7) is 12.2. The number of piperazine rings is 1. The third-order valence-electron chi connectivity index (χ3n) is 4.91. The molecule has 0 aromatic heterocycles. The summed E-state index contributed by atoms with van der Waals surface area (Å²) in [5.41, 5.74) is 1.02. The van der Waals surface area contributed by atoms with Crippen LogP contribution in [0.5, 0.6) is 5.75 Å². The van der Waals surface area contributed by atoms with E-state index in [1.165, 1.54) is 5.69 Å². The summed E-state index contributed by atoms with van der Waals surface area (Å²) in [6, 6.07) is 8.28. The Kier molecular flexibility index (Phi) is 12.0. The van der Waals surface area contributed by atoms with Crippen LogP contribution in [0.25, 0.3) is 0 Å². The van der Waals surface area contributed by atoms with Crippen LogP contribution in [-0.2, 0) is 4.79 Å². The second-order valence-corrected chi connectivity index (χ2v) is 8.53. The van der Waals surface area contributed by atoms with Gasteiger partial charge in [-0.25, -0.2) is 0 Å². The fourth-order valence-corrected chi connectivity index (χ4v) is 3.38. The lowest BCUT2D eigenvalue weighted by atomic mass is 10.1. The molecule has 0 spiro atoms. The van der Waals surface area contributed by atoms with Gasteiger partial charge in [0.15, 0.2) is 5.96 Å². The van der Waals surface area contributed by atoms with Crippen LogP contribution in [0, 0.1) is 0 Å². The number of halogens is 1. The first kappa shape index (κ1) is 27.3. The molecule has 1 aromatic carbocycles. The van der Waals surface area contributed by atoms with E-state index < -0.39 is 0 Å². The molecule has 176 valence electrons. The van der Waals surface area contributed by atoms with Crippen molar-refractivity contribution in [2.24, 2.45) is 4.99 Å². The predicted octanol–water partition coefficient (Wildman–Crippen LogP) is 1.90. The molecule has 0 radical (unpaired) electrons. The van der Waals surface area contributed by atoms with Gasteiger partial charge in [-0.1, -0.05) is 0 Å². The molecule has 1 amide bonds. The zero-order valence-electron chi connectivity index (χ0n) is 19.5. The molecule has 3 N–H and O–H groups in total. The minimum absolute atomic E-state index is 0. The Hall–Kier alpha value is -1.75. The van der Waals surface area contributed by atoms with Crippen molar-refractivity contribution >= 4 is 41.5 Å². The largest absolute Gasteiger partial charge is 0.497 e. The number of aliphatic imine (C=N–C) groups is 1. The fourth-order valence-electron chi connectivity index (χ4n) is 3.38. The summed E-state index contributed by atoms with van der Waals surface area (Å²) in [7, 11) is 3.41. The molecule has 0 saturated carbocycles. The molecule has 0 aliphatic carbocycles. The number of hydrogen-bond donors (Lipinski definition) is 3. The van der Waals surface area contributed by atoms with Crippen molar-refractivity contribution in [1.82, 2.24) is 20.9 Å². The second-order valence-electron chi connectivity index (χ2n) is 8.53. The summed E-state index contributed by atoms with van der Waals surface area (Å²) in [5.74, 6) is 1.51.